The molecule has 1 aromatic carbocycles. The van der Waals surface area contributed by atoms with Crippen molar-refractivity contribution in [1.29, 1.82) is 0 Å². The maximum atomic E-state index is 11.5. The van der Waals surface area contributed by atoms with Crippen LogP contribution in [0.3, 0.4) is 0 Å². The van der Waals surface area contributed by atoms with Gasteiger partial charge in [-0.15, -0.1) is 0 Å². The van der Waals surface area contributed by atoms with E-state index in [2.05, 4.69) is 22.4 Å². The number of hydrogen-bond donors (Lipinski definition) is 1. The summed E-state index contributed by atoms with van der Waals surface area (Å²) in [4.78, 5) is 15.8. The fraction of sp³-hybridized carbons (Fsp3) is 0.308. The molecular weight excluding hydrogens is 262 g/mol. The van der Waals surface area contributed by atoms with Crippen molar-refractivity contribution < 1.29 is 9.21 Å². The molecule has 0 aliphatic heterocycles. The Hall–Kier alpha value is -1.82. The van der Waals surface area contributed by atoms with Gasteiger partial charge in [-0.25, -0.2) is 10.4 Å². The molecule has 0 atom stereocenters. The van der Waals surface area contributed by atoms with E-state index in [1.807, 2.05) is 24.3 Å². The monoisotopic (exact) mass is 277 g/mol. The van der Waals surface area contributed by atoms with Crippen LogP contribution >= 0.6 is 11.8 Å². The summed E-state index contributed by atoms with van der Waals surface area (Å²) < 4.78 is 5.49. The number of unbranched alkanes of at least 4 members (excludes halogenated alkanes) is 1. The van der Waals surface area contributed by atoms with Crippen LogP contribution in [0.1, 0.15) is 19.8 Å². The van der Waals surface area contributed by atoms with Gasteiger partial charge >= 0.3 is 0 Å². The van der Waals surface area contributed by atoms with E-state index in [1.165, 1.54) is 11.8 Å². The summed E-state index contributed by atoms with van der Waals surface area (Å²) >= 11 is 1.25. The zero-order chi connectivity index (χ0) is 13.5. The number of oxazole rings is 1. The lowest BCUT2D eigenvalue weighted by molar-refractivity contribution is -0.118. The minimum atomic E-state index is -0.167. The number of para-hydroxylation sites is 2. The summed E-state index contributed by atoms with van der Waals surface area (Å²) in [6.07, 6.45) is 3.57. The Labute approximate surface area is 115 Å². The van der Waals surface area contributed by atoms with Crippen molar-refractivity contribution >= 4 is 35.0 Å². The number of rotatable bonds is 6. The average molecular weight is 277 g/mol. The third-order valence-electron chi connectivity index (χ3n) is 2.30. The average Bonchev–Trinajstić information content (AvgIpc) is 2.84. The molecule has 0 aliphatic rings. The van der Waals surface area contributed by atoms with Crippen molar-refractivity contribution in [2.45, 2.75) is 25.0 Å². The minimum absolute atomic E-state index is 0.167. The predicted octanol–water partition coefficient (Wildman–Crippen LogP) is 2.82. The fourth-order valence-corrected chi connectivity index (χ4v) is 2.01. The number of carbonyl (C=O) groups excluding carboxylic acids is 1. The van der Waals surface area contributed by atoms with E-state index in [-0.39, 0.29) is 11.7 Å². The van der Waals surface area contributed by atoms with Gasteiger partial charge < -0.3 is 4.42 Å². The third-order valence-corrected chi connectivity index (χ3v) is 3.13. The molecule has 0 saturated carbocycles. The number of fused-ring (bicyclic) bond motifs is 1. The lowest BCUT2D eigenvalue weighted by Crippen LogP contribution is -2.19. The summed E-state index contributed by atoms with van der Waals surface area (Å²) in [6.45, 7) is 2.05. The summed E-state index contributed by atoms with van der Waals surface area (Å²) in [7, 11) is 0. The van der Waals surface area contributed by atoms with Crippen molar-refractivity contribution in [2.24, 2.45) is 5.10 Å². The smallest absolute Gasteiger partial charge is 0.257 e. The van der Waals surface area contributed by atoms with Gasteiger partial charge in [0.2, 0.25) is 0 Å². The van der Waals surface area contributed by atoms with Crippen LogP contribution in [0.25, 0.3) is 11.1 Å². The largest absolute Gasteiger partial charge is 0.431 e. The van der Waals surface area contributed by atoms with E-state index >= 15 is 0 Å². The maximum Gasteiger partial charge on any atom is 0.257 e. The molecule has 1 heterocycles. The quantitative estimate of drug-likeness (QED) is 0.501. The van der Waals surface area contributed by atoms with Crippen LogP contribution < -0.4 is 5.43 Å². The zero-order valence-corrected chi connectivity index (χ0v) is 11.4. The van der Waals surface area contributed by atoms with Crippen molar-refractivity contribution in [2.75, 3.05) is 5.75 Å². The van der Waals surface area contributed by atoms with E-state index in [1.54, 1.807) is 6.21 Å². The molecule has 0 radical (unpaired) electrons. The summed E-state index contributed by atoms with van der Waals surface area (Å²) in [6, 6.07) is 7.51. The Morgan fingerprint density at radius 2 is 2.37 bits per heavy atom. The molecule has 1 amide bonds. The summed E-state index contributed by atoms with van der Waals surface area (Å²) in [5.74, 6) is 0.0654. The Kier molecular flexibility index (Phi) is 4.97. The Balaban J connectivity index is 1.83. The van der Waals surface area contributed by atoms with Crippen molar-refractivity contribution in [1.82, 2.24) is 10.4 Å². The molecule has 0 unspecified atom stereocenters. The highest BCUT2D eigenvalue weighted by Gasteiger charge is 2.08. The van der Waals surface area contributed by atoms with Crippen LogP contribution in [0, 0.1) is 0 Å². The van der Waals surface area contributed by atoms with Crippen LogP contribution in [0.15, 0.2) is 39.0 Å². The number of hydrogen-bond acceptors (Lipinski definition) is 5. The van der Waals surface area contributed by atoms with Gasteiger partial charge in [0.1, 0.15) is 5.52 Å². The third kappa shape index (κ3) is 4.10. The van der Waals surface area contributed by atoms with E-state index in [4.69, 9.17) is 4.42 Å². The highest BCUT2D eigenvalue weighted by molar-refractivity contribution is 7.99. The number of nitrogens with one attached hydrogen (secondary N) is 1. The van der Waals surface area contributed by atoms with Crippen molar-refractivity contribution in [3.8, 4) is 0 Å². The molecule has 100 valence electrons. The molecule has 0 saturated heterocycles. The van der Waals surface area contributed by atoms with Gasteiger partial charge in [0.25, 0.3) is 11.1 Å². The summed E-state index contributed by atoms with van der Waals surface area (Å²) in [5.41, 5.74) is 3.99. The number of thioether (sulfide) groups is 1. The first-order valence-corrected chi connectivity index (χ1v) is 7.07. The second kappa shape index (κ2) is 6.94. The number of amides is 1. The van der Waals surface area contributed by atoms with Gasteiger partial charge in [-0.3, -0.25) is 4.79 Å². The first kappa shape index (κ1) is 13.6. The van der Waals surface area contributed by atoms with Gasteiger partial charge in [-0.2, -0.15) is 5.10 Å². The SMILES string of the molecule is CCC/C=N\NC(=O)CSc1nc2ccccc2o1. The van der Waals surface area contributed by atoms with Gasteiger partial charge in [-0.1, -0.05) is 37.2 Å². The number of carbonyl (C=O) groups is 1. The van der Waals surface area contributed by atoms with Gasteiger partial charge in [0.15, 0.2) is 5.58 Å². The molecule has 1 aromatic heterocycles. The Morgan fingerprint density at radius 1 is 1.53 bits per heavy atom. The van der Waals surface area contributed by atoms with E-state index < -0.39 is 0 Å². The maximum absolute atomic E-state index is 11.5. The number of hydrazone groups is 1. The molecule has 6 heteroatoms. The molecule has 0 aliphatic carbocycles. The fourth-order valence-electron chi connectivity index (χ4n) is 1.38. The second-order valence-electron chi connectivity index (χ2n) is 3.87. The zero-order valence-electron chi connectivity index (χ0n) is 10.6. The van der Waals surface area contributed by atoms with E-state index in [0.29, 0.717) is 5.22 Å². The first-order valence-electron chi connectivity index (χ1n) is 6.08. The minimum Gasteiger partial charge on any atom is -0.431 e. The lowest BCUT2D eigenvalue weighted by Gasteiger charge is -1.96. The van der Waals surface area contributed by atoms with Gasteiger partial charge in [0.05, 0.1) is 5.75 Å². The predicted molar refractivity (Wildman–Crippen MR) is 76.3 cm³/mol. The molecule has 0 spiro atoms. The highest BCUT2D eigenvalue weighted by atomic mass is 32.2. The lowest BCUT2D eigenvalue weighted by atomic mass is 10.3. The molecule has 0 bridgehead atoms. The Morgan fingerprint density at radius 3 is 3.16 bits per heavy atom. The number of aromatic nitrogens is 1. The van der Waals surface area contributed by atoms with E-state index in [0.717, 1.165) is 23.9 Å². The Bertz CT molecular complexity index is 547. The first-order chi connectivity index (χ1) is 9.29. The van der Waals surface area contributed by atoms with Crippen LogP contribution in [0.2, 0.25) is 0 Å². The number of benzene rings is 1. The van der Waals surface area contributed by atoms with Gasteiger partial charge in [0, 0.05) is 6.21 Å². The van der Waals surface area contributed by atoms with Crippen LogP contribution in [0.5, 0.6) is 0 Å². The standard InChI is InChI=1S/C13H15N3O2S/c1-2-3-8-14-16-12(17)9-19-13-15-10-6-4-5-7-11(10)18-13/h4-8H,2-3,9H2,1H3,(H,16,17)/b14-8-. The van der Waals surface area contributed by atoms with Crippen LogP contribution in [-0.2, 0) is 4.79 Å². The van der Waals surface area contributed by atoms with Gasteiger partial charge in [-0.05, 0) is 18.6 Å². The van der Waals surface area contributed by atoms with Crippen LogP contribution in [0.4, 0.5) is 0 Å². The molecule has 19 heavy (non-hydrogen) atoms. The van der Waals surface area contributed by atoms with E-state index in [9.17, 15) is 4.79 Å². The van der Waals surface area contributed by atoms with Crippen molar-refractivity contribution in [3.63, 3.8) is 0 Å². The normalized spacial score (nSPS) is 11.2. The summed E-state index contributed by atoms with van der Waals surface area (Å²) in [5, 5.41) is 4.32. The molecule has 2 rings (SSSR count). The molecular formula is C13H15N3O2S. The molecule has 1 N–H and O–H groups in total. The topological polar surface area (TPSA) is 67.5 Å². The molecule has 0 fully saturated rings. The molecule has 5 nitrogen and oxygen atoms in total. The highest BCUT2D eigenvalue weighted by Crippen LogP contribution is 2.22. The van der Waals surface area contributed by atoms with Crippen LogP contribution in [-0.4, -0.2) is 22.9 Å². The molecule has 2 aromatic rings. The number of nitrogens with zero attached hydrogens (tertiary/aromatic N) is 2. The second-order valence-corrected chi connectivity index (χ2v) is 4.80. The van der Waals surface area contributed by atoms with Crippen molar-refractivity contribution in [3.05, 3.63) is 24.3 Å².